The van der Waals surface area contributed by atoms with Crippen molar-refractivity contribution < 1.29 is 0 Å². The average Bonchev–Trinajstić information content (AvgIpc) is 3.01. The zero-order valence-corrected chi connectivity index (χ0v) is 17.1. The lowest BCUT2D eigenvalue weighted by Gasteiger charge is -2.18. The lowest BCUT2D eigenvalue weighted by molar-refractivity contribution is 0.485. The molecule has 0 aliphatic rings. The fourth-order valence-corrected chi connectivity index (χ4v) is 3.94. The molecule has 1 unspecified atom stereocenters. The van der Waals surface area contributed by atoms with Crippen LogP contribution in [-0.2, 0) is 13.0 Å². The summed E-state index contributed by atoms with van der Waals surface area (Å²) in [5.74, 6) is 0. The van der Waals surface area contributed by atoms with E-state index in [1.54, 1.807) is 0 Å². The Morgan fingerprint density at radius 3 is 1.93 bits per heavy atom. The molecule has 1 atom stereocenters. The molecular weight excluding hydrogens is 356 g/mol. The van der Waals surface area contributed by atoms with Gasteiger partial charge in [-0.2, -0.15) is 0 Å². The van der Waals surface area contributed by atoms with Crippen molar-refractivity contribution in [3.63, 3.8) is 0 Å². The molecule has 0 fully saturated rings. The summed E-state index contributed by atoms with van der Waals surface area (Å²) in [5, 5.41) is 8.97. The van der Waals surface area contributed by atoms with Gasteiger partial charge in [0, 0.05) is 6.54 Å². The Hall–Kier alpha value is -3.11. The summed E-state index contributed by atoms with van der Waals surface area (Å²) < 4.78 is 4.18. The molecule has 1 heterocycles. The Morgan fingerprint density at radius 2 is 1.34 bits per heavy atom. The van der Waals surface area contributed by atoms with E-state index in [9.17, 15) is 0 Å². The number of benzene rings is 3. The van der Waals surface area contributed by atoms with Gasteiger partial charge in [-0.3, -0.25) is 5.41 Å². The van der Waals surface area contributed by atoms with Crippen LogP contribution in [0.2, 0.25) is 0 Å². The molecule has 3 aromatic carbocycles. The highest BCUT2D eigenvalue weighted by molar-refractivity contribution is 5.76. The number of nitrogens with two attached hydrogens (primary N) is 1. The van der Waals surface area contributed by atoms with Crippen LogP contribution in [0.15, 0.2) is 72.8 Å². The summed E-state index contributed by atoms with van der Waals surface area (Å²) in [6, 6.07) is 25.4. The van der Waals surface area contributed by atoms with Crippen molar-refractivity contribution >= 4 is 11.0 Å². The molecule has 0 aliphatic heterocycles. The smallest absolute Gasteiger partial charge is 0.203 e. The van der Waals surface area contributed by atoms with Gasteiger partial charge in [-0.1, -0.05) is 71.8 Å². The van der Waals surface area contributed by atoms with Crippen molar-refractivity contribution in [3.05, 3.63) is 101 Å². The van der Waals surface area contributed by atoms with E-state index in [0.29, 0.717) is 18.7 Å². The third kappa shape index (κ3) is 3.89. The molecule has 0 spiro atoms. The van der Waals surface area contributed by atoms with Gasteiger partial charge in [0.2, 0.25) is 5.62 Å². The molecule has 0 aliphatic carbocycles. The average molecular weight is 385 g/mol. The van der Waals surface area contributed by atoms with Crippen LogP contribution in [0.25, 0.3) is 11.0 Å². The molecule has 0 amide bonds. The monoisotopic (exact) mass is 384 g/mol. The highest BCUT2D eigenvalue weighted by atomic mass is 15.2. The van der Waals surface area contributed by atoms with Crippen molar-refractivity contribution in [1.29, 1.82) is 5.41 Å². The molecule has 4 rings (SSSR count). The molecular formula is C25H28N4. The fourth-order valence-electron chi connectivity index (χ4n) is 3.94. The number of hydrogen-bond acceptors (Lipinski definition) is 2. The second-order valence-electron chi connectivity index (χ2n) is 7.83. The van der Waals surface area contributed by atoms with Gasteiger partial charge in [0.25, 0.3) is 0 Å². The minimum absolute atomic E-state index is 0.0365. The van der Waals surface area contributed by atoms with Crippen LogP contribution in [0.1, 0.15) is 28.3 Å². The highest BCUT2D eigenvalue weighted by Crippen LogP contribution is 2.21. The van der Waals surface area contributed by atoms with E-state index in [-0.39, 0.29) is 6.04 Å². The quantitative estimate of drug-likeness (QED) is 0.511. The third-order valence-corrected chi connectivity index (χ3v) is 5.61. The molecule has 4 aromatic rings. The SMILES string of the molecule is Cc1ccc(CC(CN)n2c(=N)n(Cc3ccc(C)cc3)c3ccccc32)cc1. The summed E-state index contributed by atoms with van der Waals surface area (Å²) in [4.78, 5) is 0. The van der Waals surface area contributed by atoms with Gasteiger partial charge in [0.05, 0.1) is 23.6 Å². The fraction of sp³-hybridized carbons (Fsp3) is 0.240. The minimum Gasteiger partial charge on any atom is -0.328 e. The molecule has 0 radical (unpaired) electrons. The van der Waals surface area contributed by atoms with Crippen LogP contribution >= 0.6 is 0 Å². The first-order valence-electron chi connectivity index (χ1n) is 10.1. The van der Waals surface area contributed by atoms with Gasteiger partial charge in [-0.05, 0) is 43.5 Å². The largest absolute Gasteiger partial charge is 0.328 e. The third-order valence-electron chi connectivity index (χ3n) is 5.61. The molecule has 0 saturated heterocycles. The molecule has 148 valence electrons. The number of hydrogen-bond donors (Lipinski definition) is 2. The van der Waals surface area contributed by atoms with E-state index >= 15 is 0 Å². The summed E-state index contributed by atoms with van der Waals surface area (Å²) in [6.07, 6.45) is 0.811. The van der Waals surface area contributed by atoms with Crippen molar-refractivity contribution in [2.45, 2.75) is 32.9 Å². The first-order chi connectivity index (χ1) is 14.1. The number of imidazole rings is 1. The number of nitrogens with zero attached hydrogens (tertiary/aromatic N) is 2. The van der Waals surface area contributed by atoms with Crippen LogP contribution in [0.4, 0.5) is 0 Å². The molecule has 0 saturated carbocycles. The lowest BCUT2D eigenvalue weighted by atomic mass is 10.0. The van der Waals surface area contributed by atoms with E-state index < -0.39 is 0 Å². The predicted molar refractivity (Wildman–Crippen MR) is 119 cm³/mol. The van der Waals surface area contributed by atoms with Crippen molar-refractivity contribution in [1.82, 2.24) is 9.13 Å². The summed E-state index contributed by atoms with van der Waals surface area (Å²) in [5.41, 5.74) is 13.8. The second-order valence-corrected chi connectivity index (χ2v) is 7.83. The Labute approximate surface area is 171 Å². The zero-order valence-electron chi connectivity index (χ0n) is 17.1. The molecule has 29 heavy (non-hydrogen) atoms. The van der Waals surface area contributed by atoms with Crippen LogP contribution in [0, 0.1) is 19.3 Å². The second kappa shape index (κ2) is 8.10. The number of aryl methyl sites for hydroxylation is 2. The highest BCUT2D eigenvalue weighted by Gasteiger charge is 2.18. The number of rotatable bonds is 6. The molecule has 1 aromatic heterocycles. The summed E-state index contributed by atoms with van der Waals surface area (Å²) in [6.45, 7) is 5.35. The standard InChI is InChI=1S/C25H28N4/c1-18-7-11-20(12-8-18)15-22(16-26)29-24-6-4-3-5-23(24)28(25(29)27)17-21-13-9-19(2)10-14-21/h3-14,22,27H,15-17,26H2,1-2H3. The molecule has 4 nitrogen and oxygen atoms in total. The number of aromatic nitrogens is 2. The van der Waals surface area contributed by atoms with Crippen LogP contribution < -0.4 is 11.4 Å². The minimum atomic E-state index is 0.0365. The van der Waals surface area contributed by atoms with Gasteiger partial charge in [0.1, 0.15) is 0 Å². The van der Waals surface area contributed by atoms with Gasteiger partial charge < -0.3 is 14.9 Å². The van der Waals surface area contributed by atoms with Crippen molar-refractivity contribution in [2.75, 3.05) is 6.54 Å². The number of para-hydroxylation sites is 2. The van der Waals surface area contributed by atoms with E-state index in [1.807, 2.05) is 12.1 Å². The number of fused-ring (bicyclic) bond motifs is 1. The Morgan fingerprint density at radius 1 is 0.793 bits per heavy atom. The molecule has 0 bridgehead atoms. The van der Waals surface area contributed by atoms with Crippen LogP contribution in [-0.4, -0.2) is 15.7 Å². The Balaban J connectivity index is 1.77. The topological polar surface area (TPSA) is 59.7 Å². The van der Waals surface area contributed by atoms with E-state index in [0.717, 1.165) is 17.5 Å². The molecule has 3 N–H and O–H groups in total. The summed E-state index contributed by atoms with van der Waals surface area (Å²) in [7, 11) is 0. The summed E-state index contributed by atoms with van der Waals surface area (Å²) >= 11 is 0. The van der Waals surface area contributed by atoms with Crippen molar-refractivity contribution in [2.24, 2.45) is 5.73 Å². The van der Waals surface area contributed by atoms with E-state index in [1.165, 1.54) is 22.3 Å². The van der Waals surface area contributed by atoms with Crippen LogP contribution in [0.5, 0.6) is 0 Å². The van der Waals surface area contributed by atoms with E-state index in [2.05, 4.69) is 83.6 Å². The van der Waals surface area contributed by atoms with Gasteiger partial charge in [-0.25, -0.2) is 0 Å². The zero-order chi connectivity index (χ0) is 20.4. The normalized spacial score (nSPS) is 12.4. The maximum Gasteiger partial charge on any atom is 0.203 e. The van der Waals surface area contributed by atoms with Gasteiger partial charge >= 0.3 is 0 Å². The first kappa shape index (κ1) is 19.2. The maximum absolute atomic E-state index is 8.97. The molecule has 4 heteroatoms. The first-order valence-corrected chi connectivity index (χ1v) is 10.1. The number of nitrogens with one attached hydrogen (secondary N) is 1. The van der Waals surface area contributed by atoms with E-state index in [4.69, 9.17) is 11.1 Å². The van der Waals surface area contributed by atoms with Crippen molar-refractivity contribution in [3.8, 4) is 0 Å². The Bertz CT molecular complexity index is 1160. The van der Waals surface area contributed by atoms with Gasteiger partial charge in [-0.15, -0.1) is 0 Å². The lowest BCUT2D eigenvalue weighted by Crippen LogP contribution is -2.32. The predicted octanol–water partition coefficient (Wildman–Crippen LogP) is 4.33. The van der Waals surface area contributed by atoms with Gasteiger partial charge in [0.15, 0.2) is 0 Å². The maximum atomic E-state index is 8.97. The Kier molecular flexibility index (Phi) is 5.36. The van der Waals surface area contributed by atoms with Crippen LogP contribution in [0.3, 0.4) is 0 Å².